The van der Waals surface area contributed by atoms with Crippen molar-refractivity contribution in [3.05, 3.63) is 11.6 Å². The molecule has 3 nitrogen and oxygen atoms in total. The largest absolute Gasteiger partial charge is 0.507 e. The Morgan fingerprint density at radius 1 is 1.10 bits per heavy atom. The summed E-state index contributed by atoms with van der Waals surface area (Å²) < 4.78 is 18.4. The van der Waals surface area contributed by atoms with E-state index >= 15 is 0 Å². The molecular weight excluding hydrogens is 268 g/mol. The first-order chi connectivity index (χ1) is 9.43. The van der Waals surface area contributed by atoms with Crippen LogP contribution < -0.4 is 0 Å². The Balaban J connectivity index is 3.01. The van der Waals surface area contributed by atoms with Crippen molar-refractivity contribution in [3.8, 4) is 0 Å². The van der Waals surface area contributed by atoms with Crippen LogP contribution in [0.3, 0.4) is 0 Å². The van der Waals surface area contributed by atoms with Gasteiger partial charge in [0.05, 0.1) is 0 Å². The SMILES string of the molecule is CCO[Si](OCC)(OCC)C(C)(C)C1CC=C(C)CC1. The second kappa shape index (κ2) is 7.73. The first kappa shape index (κ1) is 17.9. The molecule has 0 amide bonds. The van der Waals surface area contributed by atoms with Gasteiger partial charge in [-0.1, -0.05) is 25.5 Å². The average molecular weight is 301 g/mol. The number of rotatable bonds is 8. The van der Waals surface area contributed by atoms with E-state index in [-0.39, 0.29) is 5.04 Å². The maximum Gasteiger partial charge on any atom is 0.507 e. The zero-order valence-corrected chi connectivity index (χ0v) is 15.1. The minimum Gasteiger partial charge on any atom is -0.373 e. The van der Waals surface area contributed by atoms with Crippen LogP contribution in [-0.4, -0.2) is 28.6 Å². The predicted octanol–water partition coefficient (Wildman–Crippen LogP) is 4.56. The molecule has 0 aromatic carbocycles. The molecule has 1 aliphatic carbocycles. The van der Waals surface area contributed by atoms with Crippen molar-refractivity contribution in [2.75, 3.05) is 19.8 Å². The fourth-order valence-electron chi connectivity index (χ4n) is 3.12. The Labute approximate surface area is 126 Å². The summed E-state index contributed by atoms with van der Waals surface area (Å²) in [6.07, 6.45) is 5.87. The summed E-state index contributed by atoms with van der Waals surface area (Å²) in [6.45, 7) is 14.8. The second-order valence-corrected chi connectivity index (χ2v) is 9.37. The van der Waals surface area contributed by atoms with Crippen LogP contribution in [0.15, 0.2) is 11.6 Å². The van der Waals surface area contributed by atoms with E-state index in [0.29, 0.717) is 25.7 Å². The van der Waals surface area contributed by atoms with Crippen LogP contribution in [0.1, 0.15) is 60.8 Å². The van der Waals surface area contributed by atoms with Crippen LogP contribution in [0.5, 0.6) is 0 Å². The Hall–Kier alpha value is -0.163. The maximum atomic E-state index is 6.13. The molecule has 0 saturated heterocycles. The lowest BCUT2D eigenvalue weighted by Crippen LogP contribution is -2.57. The third-order valence-corrected chi connectivity index (χ3v) is 8.44. The molecule has 118 valence electrons. The lowest BCUT2D eigenvalue weighted by Gasteiger charge is -2.46. The van der Waals surface area contributed by atoms with Gasteiger partial charge in [-0.2, -0.15) is 0 Å². The monoisotopic (exact) mass is 300 g/mol. The van der Waals surface area contributed by atoms with Gasteiger partial charge in [0.15, 0.2) is 0 Å². The molecule has 20 heavy (non-hydrogen) atoms. The van der Waals surface area contributed by atoms with Gasteiger partial charge >= 0.3 is 8.80 Å². The Morgan fingerprint density at radius 3 is 1.95 bits per heavy atom. The fourth-order valence-corrected chi connectivity index (χ4v) is 6.39. The molecule has 0 bridgehead atoms. The predicted molar refractivity (Wildman–Crippen MR) is 85.8 cm³/mol. The summed E-state index contributed by atoms with van der Waals surface area (Å²) in [5.74, 6) is 0.572. The number of allylic oxidation sites excluding steroid dienone is 2. The molecule has 4 heteroatoms. The first-order valence-electron chi connectivity index (χ1n) is 8.01. The van der Waals surface area contributed by atoms with Crippen molar-refractivity contribution >= 4 is 8.80 Å². The van der Waals surface area contributed by atoms with Gasteiger partial charge in [0.2, 0.25) is 0 Å². The summed E-state index contributed by atoms with van der Waals surface area (Å²) in [6, 6.07) is 0. The zero-order valence-electron chi connectivity index (χ0n) is 14.1. The molecular formula is C16H32O3Si. The Kier molecular flexibility index (Phi) is 6.92. The van der Waals surface area contributed by atoms with E-state index < -0.39 is 8.80 Å². The highest BCUT2D eigenvalue weighted by Crippen LogP contribution is 2.51. The first-order valence-corrected chi connectivity index (χ1v) is 9.73. The highest BCUT2D eigenvalue weighted by molar-refractivity contribution is 6.64. The quantitative estimate of drug-likeness (QED) is 0.486. The summed E-state index contributed by atoms with van der Waals surface area (Å²) in [7, 11) is -2.66. The molecule has 0 aromatic heterocycles. The second-order valence-electron chi connectivity index (χ2n) is 6.10. The summed E-state index contributed by atoms with van der Waals surface area (Å²) in [4.78, 5) is 0. The van der Waals surface area contributed by atoms with Gasteiger partial charge in [-0.3, -0.25) is 0 Å². The van der Waals surface area contributed by atoms with E-state index in [1.807, 2.05) is 20.8 Å². The van der Waals surface area contributed by atoms with Crippen LogP contribution in [0.25, 0.3) is 0 Å². The molecule has 0 N–H and O–H groups in total. The zero-order chi connectivity index (χ0) is 15.2. The normalized spacial score (nSPS) is 20.9. The fraction of sp³-hybridized carbons (Fsp3) is 0.875. The molecule has 0 radical (unpaired) electrons. The van der Waals surface area contributed by atoms with Crippen molar-refractivity contribution in [1.82, 2.24) is 0 Å². The van der Waals surface area contributed by atoms with Crippen LogP contribution in [-0.2, 0) is 13.3 Å². The summed E-state index contributed by atoms with van der Waals surface area (Å²) in [5, 5.41) is -0.0494. The third-order valence-electron chi connectivity index (χ3n) is 4.45. The van der Waals surface area contributed by atoms with Crippen LogP contribution in [0.4, 0.5) is 0 Å². The van der Waals surface area contributed by atoms with Crippen molar-refractivity contribution in [3.63, 3.8) is 0 Å². The molecule has 1 unspecified atom stereocenters. The van der Waals surface area contributed by atoms with E-state index in [9.17, 15) is 0 Å². The number of hydrogen-bond donors (Lipinski definition) is 0. The highest BCUT2D eigenvalue weighted by Gasteiger charge is 2.58. The van der Waals surface area contributed by atoms with E-state index in [0.717, 1.165) is 6.42 Å². The van der Waals surface area contributed by atoms with Crippen LogP contribution >= 0.6 is 0 Å². The average Bonchev–Trinajstić information content (AvgIpc) is 2.40. The van der Waals surface area contributed by atoms with E-state index in [2.05, 4.69) is 26.8 Å². The topological polar surface area (TPSA) is 27.7 Å². The lowest BCUT2D eigenvalue weighted by molar-refractivity contribution is 0.0353. The minimum absolute atomic E-state index is 0.0494. The van der Waals surface area contributed by atoms with Gasteiger partial charge in [-0.05, 0) is 52.9 Å². The molecule has 1 aliphatic rings. The van der Waals surface area contributed by atoms with Gasteiger partial charge in [0.1, 0.15) is 0 Å². The van der Waals surface area contributed by atoms with Gasteiger partial charge < -0.3 is 13.3 Å². The molecule has 1 atom stereocenters. The third kappa shape index (κ3) is 3.73. The highest BCUT2D eigenvalue weighted by atomic mass is 28.4. The van der Waals surface area contributed by atoms with Gasteiger partial charge in [-0.15, -0.1) is 0 Å². The van der Waals surface area contributed by atoms with Crippen LogP contribution in [0, 0.1) is 5.92 Å². The Morgan fingerprint density at radius 2 is 1.60 bits per heavy atom. The molecule has 1 rings (SSSR count). The van der Waals surface area contributed by atoms with E-state index in [4.69, 9.17) is 13.3 Å². The van der Waals surface area contributed by atoms with E-state index in [1.165, 1.54) is 18.4 Å². The molecule has 0 fully saturated rings. The molecule has 0 aromatic rings. The van der Waals surface area contributed by atoms with Crippen molar-refractivity contribution in [2.24, 2.45) is 5.92 Å². The van der Waals surface area contributed by atoms with Crippen molar-refractivity contribution in [2.45, 2.75) is 65.8 Å². The van der Waals surface area contributed by atoms with Crippen molar-refractivity contribution < 1.29 is 13.3 Å². The maximum absolute atomic E-state index is 6.13. The van der Waals surface area contributed by atoms with Gasteiger partial charge in [0, 0.05) is 24.9 Å². The van der Waals surface area contributed by atoms with Crippen molar-refractivity contribution in [1.29, 1.82) is 0 Å². The Bertz CT molecular complexity index is 309. The minimum atomic E-state index is -2.66. The molecule has 0 saturated carbocycles. The summed E-state index contributed by atoms with van der Waals surface area (Å²) in [5.41, 5.74) is 1.51. The summed E-state index contributed by atoms with van der Waals surface area (Å²) >= 11 is 0. The number of hydrogen-bond acceptors (Lipinski definition) is 3. The van der Waals surface area contributed by atoms with Crippen LogP contribution in [0.2, 0.25) is 5.04 Å². The van der Waals surface area contributed by atoms with Gasteiger partial charge in [0.25, 0.3) is 0 Å². The van der Waals surface area contributed by atoms with Gasteiger partial charge in [-0.25, -0.2) is 0 Å². The standard InChI is InChI=1S/C16H32O3Si/c1-7-17-20(18-8-2,19-9-3)16(5,6)15-12-10-14(4)11-13-15/h10,15H,7-9,11-13H2,1-6H3. The molecule has 0 aliphatic heterocycles. The molecule has 0 spiro atoms. The lowest BCUT2D eigenvalue weighted by atomic mass is 9.82. The van der Waals surface area contributed by atoms with E-state index in [1.54, 1.807) is 0 Å². The molecule has 0 heterocycles. The smallest absolute Gasteiger partial charge is 0.373 e.